The van der Waals surface area contributed by atoms with Gasteiger partial charge in [-0.2, -0.15) is 0 Å². The van der Waals surface area contributed by atoms with E-state index in [0.717, 1.165) is 12.8 Å². The number of hydrogen-bond acceptors (Lipinski definition) is 2. The molecule has 6 heteroatoms. The minimum absolute atomic E-state index is 0.0616. The molecule has 4 nitrogen and oxygen atoms in total. The summed E-state index contributed by atoms with van der Waals surface area (Å²) in [6.45, 7) is 0. The maximum atomic E-state index is 13.5. The van der Waals surface area contributed by atoms with Gasteiger partial charge >= 0.3 is 5.97 Å². The molecule has 3 rings (SSSR count). The Kier molecular flexibility index (Phi) is 2.60. The maximum absolute atomic E-state index is 13.5. The molecule has 1 saturated carbocycles. The van der Waals surface area contributed by atoms with E-state index >= 15 is 0 Å². The lowest BCUT2D eigenvalue weighted by atomic mass is 10.1. The molecule has 98 valence electrons. The van der Waals surface area contributed by atoms with Crippen molar-refractivity contribution in [3.63, 3.8) is 0 Å². The second-order valence-corrected chi connectivity index (χ2v) is 4.95. The van der Waals surface area contributed by atoms with Gasteiger partial charge in [0.1, 0.15) is 11.4 Å². The van der Waals surface area contributed by atoms with E-state index in [1.165, 1.54) is 18.3 Å². The lowest BCUT2D eigenvalue weighted by Gasteiger charge is -2.12. The summed E-state index contributed by atoms with van der Waals surface area (Å²) in [6.07, 6.45) is 3.14. The molecular weight excluding hydrogens is 273 g/mol. The van der Waals surface area contributed by atoms with Gasteiger partial charge in [0.25, 0.3) is 0 Å². The molecule has 0 atom stereocenters. The van der Waals surface area contributed by atoms with Gasteiger partial charge in [0.2, 0.25) is 5.43 Å². The first-order chi connectivity index (χ1) is 9.00. The number of nitrogens with zero attached hydrogens (tertiary/aromatic N) is 1. The monoisotopic (exact) mass is 281 g/mol. The van der Waals surface area contributed by atoms with Gasteiger partial charge in [0.05, 0.1) is 15.9 Å². The Balaban J connectivity index is 2.49. The van der Waals surface area contributed by atoms with Crippen LogP contribution in [0.4, 0.5) is 4.39 Å². The zero-order valence-electron chi connectivity index (χ0n) is 9.69. The van der Waals surface area contributed by atoms with Crippen LogP contribution in [0.1, 0.15) is 29.2 Å². The normalized spacial score (nSPS) is 14.8. The van der Waals surface area contributed by atoms with Gasteiger partial charge in [-0.05, 0) is 25.0 Å². The molecule has 1 heterocycles. The molecule has 0 bridgehead atoms. The molecule has 1 fully saturated rings. The number of aromatic carboxylic acids is 1. The molecule has 19 heavy (non-hydrogen) atoms. The van der Waals surface area contributed by atoms with Crippen LogP contribution < -0.4 is 5.43 Å². The van der Waals surface area contributed by atoms with Gasteiger partial charge in [-0.15, -0.1) is 0 Å². The van der Waals surface area contributed by atoms with Crippen LogP contribution in [0.2, 0.25) is 5.02 Å². The van der Waals surface area contributed by atoms with Crippen LogP contribution in [0.25, 0.3) is 10.9 Å². The topological polar surface area (TPSA) is 59.3 Å². The van der Waals surface area contributed by atoms with Crippen molar-refractivity contribution < 1.29 is 14.3 Å². The molecule has 1 aromatic carbocycles. The highest BCUT2D eigenvalue weighted by Gasteiger charge is 2.27. The Labute approximate surface area is 112 Å². The zero-order chi connectivity index (χ0) is 13.7. The van der Waals surface area contributed by atoms with Crippen molar-refractivity contribution in [1.29, 1.82) is 0 Å². The largest absolute Gasteiger partial charge is 0.477 e. The van der Waals surface area contributed by atoms with Crippen LogP contribution in [0.15, 0.2) is 23.1 Å². The van der Waals surface area contributed by atoms with Gasteiger partial charge in [0, 0.05) is 12.2 Å². The Bertz CT molecular complexity index is 765. The summed E-state index contributed by atoms with van der Waals surface area (Å²) in [5, 5.41) is 8.68. The third-order valence-electron chi connectivity index (χ3n) is 3.26. The van der Waals surface area contributed by atoms with Crippen LogP contribution in [0, 0.1) is 5.82 Å². The summed E-state index contributed by atoms with van der Waals surface area (Å²) in [5.41, 5.74) is -0.653. The number of rotatable bonds is 2. The number of halogens is 2. The van der Waals surface area contributed by atoms with E-state index in [1.807, 2.05) is 0 Å². The predicted octanol–water partition coefficient (Wildman–Crippen LogP) is 2.83. The summed E-state index contributed by atoms with van der Waals surface area (Å²) in [7, 11) is 0. The highest BCUT2D eigenvalue weighted by molar-refractivity contribution is 6.35. The van der Waals surface area contributed by atoms with Crippen LogP contribution in [0.5, 0.6) is 0 Å². The van der Waals surface area contributed by atoms with Gasteiger partial charge in [-0.1, -0.05) is 11.6 Å². The molecular formula is C13H9ClFNO3. The molecule has 0 amide bonds. The Morgan fingerprint density at radius 2 is 2.11 bits per heavy atom. The van der Waals surface area contributed by atoms with Crippen molar-refractivity contribution in [2.24, 2.45) is 0 Å². The third-order valence-corrected chi connectivity index (χ3v) is 3.63. The fraction of sp³-hybridized carbons (Fsp3) is 0.231. The molecule has 1 aliphatic carbocycles. The van der Waals surface area contributed by atoms with Gasteiger partial charge in [0.15, 0.2) is 0 Å². The summed E-state index contributed by atoms with van der Waals surface area (Å²) < 4.78 is 15.2. The minimum Gasteiger partial charge on any atom is -0.477 e. The minimum atomic E-state index is -1.33. The van der Waals surface area contributed by atoms with Crippen LogP contribution in [-0.4, -0.2) is 15.6 Å². The van der Waals surface area contributed by atoms with Crippen LogP contribution in [0.3, 0.4) is 0 Å². The van der Waals surface area contributed by atoms with Crippen molar-refractivity contribution in [3.05, 3.63) is 45.0 Å². The number of pyridine rings is 1. The lowest BCUT2D eigenvalue weighted by Crippen LogP contribution is -2.19. The number of hydrogen-bond donors (Lipinski definition) is 1. The van der Waals surface area contributed by atoms with E-state index in [4.69, 9.17) is 16.7 Å². The number of carboxylic acids is 1. The third kappa shape index (κ3) is 1.81. The zero-order valence-corrected chi connectivity index (χ0v) is 10.4. The molecule has 0 spiro atoms. The first-order valence-electron chi connectivity index (χ1n) is 5.77. The second-order valence-electron chi connectivity index (χ2n) is 4.57. The number of benzene rings is 1. The number of carboxylic acid groups (broad SMARTS) is 1. The van der Waals surface area contributed by atoms with E-state index in [2.05, 4.69) is 0 Å². The van der Waals surface area contributed by atoms with E-state index in [1.54, 1.807) is 4.57 Å². The van der Waals surface area contributed by atoms with Crippen LogP contribution in [-0.2, 0) is 0 Å². The van der Waals surface area contributed by atoms with E-state index in [9.17, 15) is 14.0 Å². The fourth-order valence-electron chi connectivity index (χ4n) is 2.18. The molecule has 0 aliphatic heterocycles. The highest BCUT2D eigenvalue weighted by Crippen LogP contribution is 2.38. The maximum Gasteiger partial charge on any atom is 0.341 e. The fourth-order valence-corrected chi connectivity index (χ4v) is 2.43. The lowest BCUT2D eigenvalue weighted by molar-refractivity contribution is 0.0695. The number of carbonyl (C=O) groups is 1. The number of aromatic nitrogens is 1. The van der Waals surface area contributed by atoms with Gasteiger partial charge in [-0.25, -0.2) is 9.18 Å². The number of fused-ring (bicyclic) bond motifs is 1. The van der Waals surface area contributed by atoms with Gasteiger partial charge < -0.3 is 9.67 Å². The van der Waals surface area contributed by atoms with E-state index < -0.39 is 17.2 Å². The molecule has 1 aliphatic rings. The average molecular weight is 282 g/mol. The average Bonchev–Trinajstić information content (AvgIpc) is 3.17. The second kappa shape index (κ2) is 4.06. The van der Waals surface area contributed by atoms with Crippen molar-refractivity contribution in [3.8, 4) is 0 Å². The van der Waals surface area contributed by atoms with Crippen molar-refractivity contribution in [2.45, 2.75) is 18.9 Å². The Morgan fingerprint density at radius 3 is 2.68 bits per heavy atom. The predicted molar refractivity (Wildman–Crippen MR) is 68.4 cm³/mol. The van der Waals surface area contributed by atoms with Crippen molar-refractivity contribution >= 4 is 28.5 Å². The first kappa shape index (κ1) is 12.2. The Morgan fingerprint density at radius 1 is 1.42 bits per heavy atom. The molecule has 0 saturated heterocycles. The first-order valence-corrected chi connectivity index (χ1v) is 6.14. The summed E-state index contributed by atoms with van der Waals surface area (Å²) >= 11 is 5.82. The molecule has 0 unspecified atom stereocenters. The summed E-state index contributed by atoms with van der Waals surface area (Å²) in [6, 6.07) is 2.80. The molecule has 1 aromatic heterocycles. The smallest absolute Gasteiger partial charge is 0.341 e. The summed E-state index contributed by atoms with van der Waals surface area (Å²) in [4.78, 5) is 23.2. The highest BCUT2D eigenvalue weighted by atomic mass is 35.5. The van der Waals surface area contributed by atoms with Crippen molar-refractivity contribution in [2.75, 3.05) is 0 Å². The van der Waals surface area contributed by atoms with E-state index in [-0.39, 0.29) is 22.0 Å². The van der Waals surface area contributed by atoms with Gasteiger partial charge in [-0.3, -0.25) is 4.79 Å². The van der Waals surface area contributed by atoms with Crippen LogP contribution >= 0.6 is 11.6 Å². The quantitative estimate of drug-likeness (QED) is 0.921. The molecule has 1 N–H and O–H groups in total. The molecule has 0 radical (unpaired) electrons. The summed E-state index contributed by atoms with van der Waals surface area (Å²) in [5.74, 6) is -2.06. The van der Waals surface area contributed by atoms with Crippen molar-refractivity contribution in [1.82, 2.24) is 4.57 Å². The Hall–Kier alpha value is -1.88. The molecule has 2 aromatic rings. The standard InChI is InChI=1S/C13H9ClFNO3/c14-11-8(15)3-4-9-10(11)12(17)7(13(18)19)5-16(9)6-1-2-6/h3-6H,1-2H2,(H,18,19). The SMILES string of the molecule is O=C(O)c1cn(C2CC2)c2ccc(F)c(Cl)c2c1=O. The van der Waals surface area contributed by atoms with E-state index in [0.29, 0.717) is 5.52 Å².